The van der Waals surface area contributed by atoms with Gasteiger partial charge in [-0.2, -0.15) is 16.1 Å². The molecule has 0 saturated carbocycles. The Morgan fingerprint density at radius 2 is 1.84 bits per heavy atom. The van der Waals surface area contributed by atoms with E-state index in [4.69, 9.17) is 0 Å². The number of hydrogen-bond acceptors (Lipinski definition) is 3. The first-order valence-electron chi connectivity index (χ1n) is 8.47. The Labute approximate surface area is 153 Å². The van der Waals surface area contributed by atoms with Gasteiger partial charge < -0.3 is 0 Å². The van der Waals surface area contributed by atoms with Gasteiger partial charge in [0.25, 0.3) is 0 Å². The topological polar surface area (TPSA) is 37.4 Å². The van der Waals surface area contributed by atoms with Gasteiger partial charge in [-0.25, -0.2) is 12.8 Å². The predicted octanol–water partition coefficient (Wildman–Crippen LogP) is 4.26. The highest BCUT2D eigenvalue weighted by Gasteiger charge is 2.29. The van der Waals surface area contributed by atoms with Crippen LogP contribution in [0.1, 0.15) is 29.7 Å². The third-order valence-corrected chi connectivity index (χ3v) is 7.75. The van der Waals surface area contributed by atoms with E-state index >= 15 is 0 Å². The molecule has 2 aromatic rings. The molecule has 1 atom stereocenters. The number of thioether (sulfide) groups is 1. The minimum atomic E-state index is -3.50. The highest BCUT2D eigenvalue weighted by molar-refractivity contribution is 7.99. The molecule has 0 bridgehead atoms. The Bertz CT molecular complexity index is 822. The Morgan fingerprint density at radius 3 is 2.52 bits per heavy atom. The van der Waals surface area contributed by atoms with E-state index in [1.54, 1.807) is 36.0 Å². The lowest BCUT2D eigenvalue weighted by atomic mass is 10.1. The van der Waals surface area contributed by atoms with Gasteiger partial charge in [-0.05, 0) is 36.6 Å². The first-order valence-corrected chi connectivity index (χ1v) is 11.0. The van der Waals surface area contributed by atoms with Crippen LogP contribution >= 0.6 is 11.8 Å². The van der Waals surface area contributed by atoms with E-state index < -0.39 is 10.0 Å². The summed E-state index contributed by atoms with van der Waals surface area (Å²) >= 11 is 1.63. The fourth-order valence-electron chi connectivity index (χ4n) is 3.02. The molecule has 3 nitrogen and oxygen atoms in total. The first kappa shape index (κ1) is 18.4. The van der Waals surface area contributed by atoms with Crippen molar-refractivity contribution in [1.29, 1.82) is 0 Å². The quantitative estimate of drug-likeness (QED) is 0.797. The Kier molecular flexibility index (Phi) is 5.81. The van der Waals surface area contributed by atoms with Crippen LogP contribution in [0.4, 0.5) is 4.39 Å². The molecule has 1 saturated heterocycles. The van der Waals surface area contributed by atoms with E-state index in [-0.39, 0.29) is 11.1 Å². The maximum Gasteiger partial charge on any atom is 0.243 e. The summed E-state index contributed by atoms with van der Waals surface area (Å²) in [5.41, 5.74) is 1.78. The van der Waals surface area contributed by atoms with Crippen LogP contribution in [0.3, 0.4) is 0 Å². The van der Waals surface area contributed by atoms with E-state index in [1.807, 2.05) is 25.1 Å². The SMILES string of the molecule is CCc1ccc(S(=O)(=O)N2CCSC(c3ccccc3F)CC2)cc1. The first-order chi connectivity index (χ1) is 12.0. The molecule has 0 aliphatic carbocycles. The third-order valence-electron chi connectivity index (χ3n) is 4.52. The normalized spacial score (nSPS) is 19.5. The number of hydrogen-bond donors (Lipinski definition) is 0. The average Bonchev–Trinajstić information content (AvgIpc) is 2.89. The minimum Gasteiger partial charge on any atom is -0.207 e. The molecular formula is C19H22FNO2S2. The van der Waals surface area contributed by atoms with E-state index in [1.165, 1.54) is 10.4 Å². The van der Waals surface area contributed by atoms with Crippen molar-refractivity contribution >= 4 is 21.8 Å². The lowest BCUT2D eigenvalue weighted by Gasteiger charge is -2.20. The smallest absolute Gasteiger partial charge is 0.207 e. The summed E-state index contributed by atoms with van der Waals surface area (Å²) in [5.74, 6) is 0.442. The third kappa shape index (κ3) is 4.07. The predicted molar refractivity (Wildman–Crippen MR) is 101 cm³/mol. The van der Waals surface area contributed by atoms with Crippen LogP contribution in [0.15, 0.2) is 53.4 Å². The van der Waals surface area contributed by atoms with Crippen LogP contribution in [0, 0.1) is 5.82 Å². The molecule has 25 heavy (non-hydrogen) atoms. The van der Waals surface area contributed by atoms with Crippen LogP contribution < -0.4 is 0 Å². The Hall–Kier alpha value is -1.37. The van der Waals surface area contributed by atoms with E-state index in [0.29, 0.717) is 35.7 Å². The summed E-state index contributed by atoms with van der Waals surface area (Å²) in [6.07, 6.45) is 1.49. The van der Waals surface area contributed by atoms with E-state index in [0.717, 1.165) is 12.0 Å². The van der Waals surface area contributed by atoms with E-state index in [2.05, 4.69) is 0 Å². The van der Waals surface area contributed by atoms with Crippen LogP contribution in [0.25, 0.3) is 0 Å². The van der Waals surface area contributed by atoms with Crippen LogP contribution in [-0.4, -0.2) is 31.6 Å². The fraction of sp³-hybridized carbons (Fsp3) is 0.368. The van der Waals surface area contributed by atoms with Crippen LogP contribution in [-0.2, 0) is 16.4 Å². The molecule has 1 fully saturated rings. The molecular weight excluding hydrogens is 357 g/mol. The molecule has 0 spiro atoms. The largest absolute Gasteiger partial charge is 0.243 e. The second-order valence-electron chi connectivity index (χ2n) is 6.07. The zero-order valence-corrected chi connectivity index (χ0v) is 15.8. The molecule has 1 aliphatic rings. The minimum absolute atomic E-state index is 0.0103. The number of nitrogens with zero attached hydrogens (tertiary/aromatic N) is 1. The molecule has 0 amide bonds. The van der Waals surface area contributed by atoms with Crippen LogP contribution in [0.2, 0.25) is 0 Å². The number of halogens is 1. The standard InChI is InChI=1S/C19H22FNO2S2/c1-2-15-7-9-16(10-8-15)25(22,23)21-12-11-19(24-14-13-21)17-5-3-4-6-18(17)20/h3-10,19H,2,11-14H2,1H3. The molecule has 0 N–H and O–H groups in total. The Morgan fingerprint density at radius 1 is 1.12 bits per heavy atom. The Balaban J connectivity index is 1.76. The van der Waals surface area contributed by atoms with Crippen molar-refractivity contribution in [2.45, 2.75) is 29.9 Å². The van der Waals surface area contributed by atoms with Gasteiger partial charge in [0.1, 0.15) is 5.82 Å². The second kappa shape index (κ2) is 7.89. The lowest BCUT2D eigenvalue weighted by Crippen LogP contribution is -2.33. The summed E-state index contributed by atoms with van der Waals surface area (Å²) in [5, 5.41) is -0.0103. The zero-order chi connectivity index (χ0) is 17.9. The molecule has 3 rings (SSSR count). The molecule has 2 aromatic carbocycles. The average molecular weight is 380 g/mol. The van der Waals surface area contributed by atoms with Crippen molar-refractivity contribution in [2.75, 3.05) is 18.8 Å². The second-order valence-corrected chi connectivity index (χ2v) is 9.32. The summed E-state index contributed by atoms with van der Waals surface area (Å²) in [6.45, 7) is 2.90. The van der Waals surface area contributed by atoms with Gasteiger partial charge in [0.05, 0.1) is 4.90 Å². The molecule has 6 heteroatoms. The van der Waals surface area contributed by atoms with Gasteiger partial charge in [-0.1, -0.05) is 37.3 Å². The number of benzene rings is 2. The number of rotatable bonds is 4. The molecule has 134 valence electrons. The summed E-state index contributed by atoms with van der Waals surface area (Å²) in [7, 11) is -3.50. The molecule has 0 aromatic heterocycles. The lowest BCUT2D eigenvalue weighted by molar-refractivity contribution is 0.427. The van der Waals surface area contributed by atoms with E-state index in [9.17, 15) is 12.8 Å². The van der Waals surface area contributed by atoms with Gasteiger partial charge in [0, 0.05) is 29.7 Å². The molecule has 1 heterocycles. The number of aryl methyl sites for hydroxylation is 1. The van der Waals surface area contributed by atoms with Gasteiger partial charge >= 0.3 is 0 Å². The van der Waals surface area contributed by atoms with Gasteiger partial charge in [0.15, 0.2) is 0 Å². The number of sulfonamides is 1. The molecule has 1 unspecified atom stereocenters. The van der Waals surface area contributed by atoms with Crippen molar-refractivity contribution < 1.29 is 12.8 Å². The monoisotopic (exact) mass is 379 g/mol. The van der Waals surface area contributed by atoms with Crippen molar-refractivity contribution in [3.8, 4) is 0 Å². The summed E-state index contributed by atoms with van der Waals surface area (Å²) in [6, 6.07) is 13.8. The van der Waals surface area contributed by atoms with Crippen molar-refractivity contribution in [3.05, 3.63) is 65.5 Å². The van der Waals surface area contributed by atoms with Crippen LogP contribution in [0.5, 0.6) is 0 Å². The molecule has 0 radical (unpaired) electrons. The van der Waals surface area contributed by atoms with Gasteiger partial charge in [-0.3, -0.25) is 0 Å². The maximum atomic E-state index is 14.0. The van der Waals surface area contributed by atoms with Gasteiger partial charge in [-0.15, -0.1) is 0 Å². The van der Waals surface area contributed by atoms with Crippen molar-refractivity contribution in [3.63, 3.8) is 0 Å². The zero-order valence-electron chi connectivity index (χ0n) is 14.2. The summed E-state index contributed by atoms with van der Waals surface area (Å²) < 4.78 is 41.3. The highest BCUT2D eigenvalue weighted by Crippen LogP contribution is 2.36. The van der Waals surface area contributed by atoms with Crippen molar-refractivity contribution in [1.82, 2.24) is 4.31 Å². The fourth-order valence-corrected chi connectivity index (χ4v) is 5.85. The van der Waals surface area contributed by atoms with Crippen molar-refractivity contribution in [2.24, 2.45) is 0 Å². The molecule has 1 aliphatic heterocycles. The highest BCUT2D eigenvalue weighted by atomic mass is 32.2. The summed E-state index contributed by atoms with van der Waals surface area (Å²) in [4.78, 5) is 0.332. The maximum absolute atomic E-state index is 14.0. The van der Waals surface area contributed by atoms with Gasteiger partial charge in [0.2, 0.25) is 10.0 Å².